The van der Waals surface area contributed by atoms with Crippen LogP contribution in [0.15, 0.2) is 64.6 Å². The number of nitrogens with zero attached hydrogens (tertiary/aromatic N) is 2. The van der Waals surface area contributed by atoms with E-state index in [-0.39, 0.29) is 28.4 Å². The third-order valence-electron chi connectivity index (χ3n) is 5.90. The SMILES string of the molecule is C=C(F)/C=C(F)\C(CC)=C(/C(=N)N(N)C(=O)C(C)c1ccc(S(=O)(=O)N(CCC)CCC)cc1)C(C)C. The summed E-state index contributed by atoms with van der Waals surface area (Å²) in [6.07, 6.45) is 2.16. The number of benzene rings is 1. The molecule has 206 valence electrons. The predicted molar refractivity (Wildman–Crippen MR) is 145 cm³/mol. The molecule has 0 aliphatic rings. The Bertz CT molecular complexity index is 1140. The van der Waals surface area contributed by atoms with E-state index in [0.717, 1.165) is 0 Å². The maximum absolute atomic E-state index is 14.7. The zero-order valence-corrected chi connectivity index (χ0v) is 23.5. The number of carbonyl (C=O) groups excluding carboxylic acids is 1. The van der Waals surface area contributed by atoms with Crippen LogP contribution in [0.2, 0.25) is 0 Å². The van der Waals surface area contributed by atoms with Crippen LogP contribution in [-0.4, -0.2) is 42.6 Å². The van der Waals surface area contributed by atoms with E-state index in [1.165, 1.54) is 16.4 Å². The normalized spacial score (nSPS) is 14.0. The minimum atomic E-state index is -3.67. The number of carbonyl (C=O) groups is 1. The van der Waals surface area contributed by atoms with Crippen LogP contribution in [0, 0.1) is 11.3 Å². The van der Waals surface area contributed by atoms with E-state index >= 15 is 0 Å². The summed E-state index contributed by atoms with van der Waals surface area (Å²) in [5.74, 6) is 1.95. The highest BCUT2D eigenvalue weighted by Gasteiger charge is 2.29. The summed E-state index contributed by atoms with van der Waals surface area (Å²) in [6, 6.07) is 6.01. The number of amidine groups is 1. The molecule has 1 unspecified atom stereocenters. The zero-order chi connectivity index (χ0) is 28.5. The van der Waals surface area contributed by atoms with Crippen molar-refractivity contribution in [3.8, 4) is 0 Å². The highest BCUT2D eigenvalue weighted by atomic mass is 32.2. The molecule has 1 atom stereocenters. The molecule has 37 heavy (non-hydrogen) atoms. The van der Waals surface area contributed by atoms with Crippen LogP contribution < -0.4 is 5.84 Å². The number of hydrogen-bond acceptors (Lipinski definition) is 5. The third-order valence-corrected chi connectivity index (χ3v) is 7.81. The monoisotopic (exact) mass is 538 g/mol. The number of hydrogen-bond donors (Lipinski definition) is 2. The molecule has 0 heterocycles. The second kappa shape index (κ2) is 14.3. The van der Waals surface area contributed by atoms with Gasteiger partial charge in [-0.1, -0.05) is 53.3 Å². The summed E-state index contributed by atoms with van der Waals surface area (Å²) in [4.78, 5) is 13.3. The zero-order valence-electron chi connectivity index (χ0n) is 22.6. The van der Waals surface area contributed by atoms with E-state index in [2.05, 4.69) is 6.58 Å². The van der Waals surface area contributed by atoms with Crippen LogP contribution in [0.1, 0.15) is 72.3 Å². The topological polar surface area (TPSA) is 108 Å². The molecule has 0 saturated heterocycles. The lowest BCUT2D eigenvalue weighted by molar-refractivity contribution is -0.128. The van der Waals surface area contributed by atoms with Crippen molar-refractivity contribution >= 4 is 21.8 Å². The second-order valence-electron chi connectivity index (χ2n) is 9.09. The lowest BCUT2D eigenvalue weighted by Gasteiger charge is -2.26. The Hall–Kier alpha value is -2.69. The standard InChI is InChI=1S/C27H40F2N4O3S/c1-8-15-32(16-9-2)37(35,36)22-13-11-21(12-14-22)20(7)27(34)33(31)26(30)25(18(4)5)23(10-3)24(29)17-19(6)28/h11-14,17-18,20,30H,6,8-10,15-16,31H2,1-5,7H3/b24-17+,25-23-,30-26?. The van der Waals surface area contributed by atoms with E-state index in [0.29, 0.717) is 42.6 Å². The molecule has 0 aliphatic heterocycles. The van der Waals surface area contributed by atoms with Gasteiger partial charge in [0.15, 0.2) is 0 Å². The molecule has 0 aromatic heterocycles. The molecular weight excluding hydrogens is 498 g/mol. The van der Waals surface area contributed by atoms with Gasteiger partial charge in [0.2, 0.25) is 15.9 Å². The average Bonchev–Trinajstić information content (AvgIpc) is 2.84. The molecule has 0 aliphatic carbocycles. The smallest absolute Gasteiger partial charge is 0.249 e. The van der Waals surface area contributed by atoms with Crippen molar-refractivity contribution in [1.29, 1.82) is 5.41 Å². The Kier molecular flexibility index (Phi) is 12.5. The first kappa shape index (κ1) is 32.3. The molecule has 10 heteroatoms. The number of nitrogens with two attached hydrogens (primary N) is 1. The van der Waals surface area contributed by atoms with E-state index in [1.54, 1.807) is 39.8 Å². The maximum Gasteiger partial charge on any atom is 0.249 e. The summed E-state index contributed by atoms with van der Waals surface area (Å²) in [5, 5.41) is 9.20. The second-order valence-corrected chi connectivity index (χ2v) is 11.0. The molecule has 1 amide bonds. The number of hydrazine groups is 1. The van der Waals surface area contributed by atoms with Gasteiger partial charge < -0.3 is 0 Å². The van der Waals surface area contributed by atoms with E-state index in [1.807, 2.05) is 13.8 Å². The van der Waals surface area contributed by atoms with Crippen molar-refractivity contribution in [3.05, 3.63) is 65.3 Å². The molecule has 0 saturated carbocycles. The highest BCUT2D eigenvalue weighted by molar-refractivity contribution is 7.89. The Morgan fingerprint density at radius 3 is 2.00 bits per heavy atom. The van der Waals surface area contributed by atoms with Gasteiger partial charge in [-0.3, -0.25) is 10.2 Å². The van der Waals surface area contributed by atoms with Gasteiger partial charge in [0.1, 0.15) is 17.5 Å². The number of sulfonamides is 1. The van der Waals surface area contributed by atoms with Crippen molar-refractivity contribution in [3.63, 3.8) is 0 Å². The minimum Gasteiger partial charge on any atom is -0.283 e. The molecule has 1 aromatic carbocycles. The van der Waals surface area contributed by atoms with E-state index in [9.17, 15) is 22.0 Å². The molecule has 0 fully saturated rings. The lowest BCUT2D eigenvalue weighted by Crippen LogP contribution is -2.46. The number of halogens is 2. The predicted octanol–water partition coefficient (Wildman–Crippen LogP) is 5.98. The van der Waals surface area contributed by atoms with Crippen LogP contribution in [0.3, 0.4) is 0 Å². The highest BCUT2D eigenvalue weighted by Crippen LogP contribution is 2.29. The molecule has 0 bridgehead atoms. The van der Waals surface area contributed by atoms with Gasteiger partial charge in [-0.15, -0.1) is 0 Å². The Labute approximate surface area is 220 Å². The lowest BCUT2D eigenvalue weighted by atomic mass is 9.92. The first-order chi connectivity index (χ1) is 17.2. The average molecular weight is 539 g/mol. The maximum atomic E-state index is 14.7. The molecular formula is C27H40F2N4O3S. The van der Waals surface area contributed by atoms with Crippen molar-refractivity contribution in [1.82, 2.24) is 9.31 Å². The molecule has 1 rings (SSSR count). The fourth-order valence-electron chi connectivity index (χ4n) is 4.00. The van der Waals surface area contributed by atoms with Gasteiger partial charge >= 0.3 is 0 Å². The number of allylic oxidation sites excluding steroid dienone is 4. The van der Waals surface area contributed by atoms with Crippen molar-refractivity contribution in [2.45, 2.75) is 71.6 Å². The minimum absolute atomic E-state index is 0.0629. The quantitative estimate of drug-likeness (QED) is 0.0804. The molecule has 1 aromatic rings. The fourth-order valence-corrected chi connectivity index (χ4v) is 5.62. The molecule has 3 N–H and O–H groups in total. The van der Waals surface area contributed by atoms with E-state index in [4.69, 9.17) is 11.3 Å². The largest absolute Gasteiger partial charge is 0.283 e. The molecule has 0 radical (unpaired) electrons. The summed E-state index contributed by atoms with van der Waals surface area (Å²) in [6.45, 7) is 14.4. The summed E-state index contributed by atoms with van der Waals surface area (Å²) >= 11 is 0. The van der Waals surface area contributed by atoms with Gasteiger partial charge in [-0.2, -0.15) is 4.31 Å². The Morgan fingerprint density at radius 1 is 1.08 bits per heavy atom. The molecule has 0 spiro atoms. The van der Waals surface area contributed by atoms with Crippen LogP contribution in [-0.2, 0) is 14.8 Å². The van der Waals surface area contributed by atoms with Crippen molar-refractivity contribution in [2.24, 2.45) is 11.8 Å². The van der Waals surface area contributed by atoms with Gasteiger partial charge in [0.05, 0.1) is 10.8 Å². The van der Waals surface area contributed by atoms with Crippen LogP contribution in [0.25, 0.3) is 0 Å². The third kappa shape index (κ3) is 8.15. The van der Waals surface area contributed by atoms with Gasteiger partial charge in [-0.05, 0) is 55.4 Å². The first-order valence-corrected chi connectivity index (χ1v) is 13.9. The Balaban J connectivity index is 3.29. The van der Waals surface area contributed by atoms with Crippen molar-refractivity contribution < 1.29 is 22.0 Å². The van der Waals surface area contributed by atoms with Gasteiger partial charge in [0.25, 0.3) is 0 Å². The van der Waals surface area contributed by atoms with Crippen LogP contribution in [0.4, 0.5) is 8.78 Å². The summed E-state index contributed by atoms with van der Waals surface area (Å²) < 4.78 is 55.3. The fraction of sp³-hybridized carbons (Fsp3) is 0.481. The number of rotatable bonds is 13. The van der Waals surface area contributed by atoms with Crippen LogP contribution in [0.5, 0.6) is 0 Å². The van der Waals surface area contributed by atoms with Gasteiger partial charge in [0, 0.05) is 24.7 Å². The van der Waals surface area contributed by atoms with E-state index < -0.39 is 39.3 Å². The Morgan fingerprint density at radius 2 is 1.59 bits per heavy atom. The summed E-state index contributed by atoms with van der Waals surface area (Å²) in [5.41, 5.74) is 0.747. The number of amides is 1. The van der Waals surface area contributed by atoms with Crippen molar-refractivity contribution in [2.75, 3.05) is 13.1 Å². The number of nitrogens with one attached hydrogen (secondary N) is 1. The summed E-state index contributed by atoms with van der Waals surface area (Å²) in [7, 11) is -3.67. The van der Waals surface area contributed by atoms with Gasteiger partial charge in [-0.25, -0.2) is 28.1 Å². The first-order valence-electron chi connectivity index (χ1n) is 12.5. The van der Waals surface area contributed by atoms with Crippen LogP contribution >= 0.6 is 0 Å². The molecule has 7 nitrogen and oxygen atoms in total.